The molecule has 0 bridgehead atoms. The van der Waals surface area contributed by atoms with Gasteiger partial charge in [-0.25, -0.2) is 13.2 Å². The van der Waals surface area contributed by atoms with Gasteiger partial charge in [0.25, 0.3) is 0 Å². The second kappa shape index (κ2) is 3.64. The Morgan fingerprint density at radius 2 is 0.900 bits per heavy atom. The van der Waals surface area contributed by atoms with Gasteiger partial charge in [0.15, 0.2) is 0 Å². The van der Waals surface area contributed by atoms with E-state index in [9.17, 15) is 13.2 Å². The number of halogens is 3. The molecule has 0 aromatic heterocycles. The molecule has 0 spiro atoms. The van der Waals surface area contributed by atoms with Crippen LogP contribution in [0.1, 0.15) is 0 Å². The minimum Gasteiger partial charge on any atom is -0.207 e. The van der Waals surface area contributed by atoms with Gasteiger partial charge in [0.05, 0.1) is 0 Å². The van der Waals surface area contributed by atoms with E-state index >= 15 is 0 Å². The van der Waals surface area contributed by atoms with Crippen molar-refractivity contribution in [2.24, 2.45) is 0 Å². The molecule has 0 aliphatic heterocycles. The van der Waals surface area contributed by atoms with Crippen molar-refractivity contribution in [1.82, 2.24) is 0 Å². The molecule has 4 heteroatoms. The van der Waals surface area contributed by atoms with Crippen molar-refractivity contribution in [3.8, 4) is 0 Å². The smallest absolute Gasteiger partial charge is 0.207 e. The summed E-state index contributed by atoms with van der Waals surface area (Å²) in [6.45, 7) is 0. The molecule has 0 saturated heterocycles. The summed E-state index contributed by atoms with van der Waals surface area (Å²) in [5.41, 5.74) is 0. The van der Waals surface area contributed by atoms with Gasteiger partial charge in [-0.3, -0.25) is 0 Å². The van der Waals surface area contributed by atoms with Crippen molar-refractivity contribution in [1.29, 1.82) is 0 Å². The largest absolute Gasteiger partial charge is 1.00 e. The van der Waals surface area contributed by atoms with Gasteiger partial charge in [-0.2, -0.15) is 0 Å². The second-order valence-corrected chi connectivity index (χ2v) is 1.59. The number of benzene rings is 1. The standard InChI is InChI=1S/C6H3F3.Cu/c7-4-1-5(8)3-6(9)2-4;/h1-3H;/q;+1. The Morgan fingerprint density at radius 1 is 0.700 bits per heavy atom. The summed E-state index contributed by atoms with van der Waals surface area (Å²) < 4.78 is 35.8. The predicted octanol–water partition coefficient (Wildman–Crippen LogP) is 2.10. The zero-order valence-electron chi connectivity index (χ0n) is 4.67. The van der Waals surface area contributed by atoms with Crippen molar-refractivity contribution in [3.63, 3.8) is 0 Å². The maximum Gasteiger partial charge on any atom is 1.00 e. The first-order chi connectivity index (χ1) is 4.18. The summed E-state index contributed by atoms with van der Waals surface area (Å²) in [7, 11) is 0. The van der Waals surface area contributed by atoms with E-state index in [0.29, 0.717) is 18.2 Å². The molecule has 0 unspecified atom stereocenters. The summed E-state index contributed by atoms with van der Waals surface area (Å²) in [5.74, 6) is -2.69. The summed E-state index contributed by atoms with van der Waals surface area (Å²) in [5, 5.41) is 0. The van der Waals surface area contributed by atoms with Crippen LogP contribution in [0.25, 0.3) is 0 Å². The molecule has 0 heterocycles. The Labute approximate surface area is 66.5 Å². The van der Waals surface area contributed by atoms with E-state index in [0.717, 1.165) is 0 Å². The minimum atomic E-state index is -0.896. The molecule has 0 N–H and O–H groups in total. The van der Waals surface area contributed by atoms with Crippen molar-refractivity contribution in [2.45, 2.75) is 0 Å². The normalized spacial score (nSPS) is 8.70. The topological polar surface area (TPSA) is 0 Å². The van der Waals surface area contributed by atoms with Crippen LogP contribution < -0.4 is 0 Å². The van der Waals surface area contributed by atoms with E-state index in [4.69, 9.17) is 0 Å². The van der Waals surface area contributed by atoms with Crippen LogP contribution in [0.2, 0.25) is 0 Å². The number of hydrogen-bond acceptors (Lipinski definition) is 0. The van der Waals surface area contributed by atoms with Crippen molar-refractivity contribution >= 4 is 0 Å². The monoisotopic (exact) mass is 195 g/mol. The number of rotatable bonds is 0. The van der Waals surface area contributed by atoms with Crippen LogP contribution in [0.4, 0.5) is 13.2 Å². The zero-order valence-corrected chi connectivity index (χ0v) is 5.61. The molecule has 1 rings (SSSR count). The molecule has 0 nitrogen and oxygen atoms in total. The molecule has 1 aromatic carbocycles. The molecule has 0 aliphatic rings. The SMILES string of the molecule is Fc1cc(F)cc(F)c1.[Cu+]. The van der Waals surface area contributed by atoms with Crippen LogP contribution in [0.3, 0.4) is 0 Å². The molecule has 0 amide bonds. The molecule has 0 atom stereocenters. The first-order valence-corrected chi connectivity index (χ1v) is 2.30. The summed E-state index contributed by atoms with van der Waals surface area (Å²) in [4.78, 5) is 0. The van der Waals surface area contributed by atoms with E-state index in [1.807, 2.05) is 0 Å². The molecule has 10 heavy (non-hydrogen) atoms. The van der Waals surface area contributed by atoms with Crippen molar-refractivity contribution in [3.05, 3.63) is 35.7 Å². The first-order valence-electron chi connectivity index (χ1n) is 2.30. The van der Waals surface area contributed by atoms with E-state index in [1.54, 1.807) is 0 Å². The van der Waals surface area contributed by atoms with E-state index < -0.39 is 17.5 Å². The van der Waals surface area contributed by atoms with E-state index in [1.165, 1.54) is 0 Å². The summed E-state index contributed by atoms with van der Waals surface area (Å²) in [6.07, 6.45) is 0. The van der Waals surface area contributed by atoms with Gasteiger partial charge >= 0.3 is 17.1 Å². The van der Waals surface area contributed by atoms with Crippen LogP contribution in [0, 0.1) is 17.5 Å². The predicted molar refractivity (Wildman–Crippen MR) is 26.3 cm³/mol. The molecule has 0 fully saturated rings. The molecular weight excluding hydrogens is 193 g/mol. The minimum absolute atomic E-state index is 0. The third kappa shape index (κ3) is 2.41. The summed E-state index contributed by atoms with van der Waals surface area (Å²) >= 11 is 0. The van der Waals surface area contributed by atoms with Crippen LogP contribution >= 0.6 is 0 Å². The molecule has 58 valence electrons. The molecule has 0 saturated carbocycles. The third-order valence-electron chi connectivity index (χ3n) is 0.827. The van der Waals surface area contributed by atoms with Gasteiger partial charge in [0.2, 0.25) is 0 Å². The Bertz CT molecular complexity index is 174. The fraction of sp³-hybridized carbons (Fsp3) is 0. The van der Waals surface area contributed by atoms with E-state index in [-0.39, 0.29) is 17.1 Å². The van der Waals surface area contributed by atoms with Gasteiger partial charge in [-0.15, -0.1) is 0 Å². The first kappa shape index (κ1) is 9.53. The van der Waals surface area contributed by atoms with Crippen LogP contribution in [0.5, 0.6) is 0 Å². The maximum absolute atomic E-state index is 11.9. The Balaban J connectivity index is 0.000000810. The van der Waals surface area contributed by atoms with Gasteiger partial charge in [-0.1, -0.05) is 0 Å². The Kier molecular flexibility index (Phi) is 3.47. The van der Waals surface area contributed by atoms with Gasteiger partial charge in [-0.05, 0) is 0 Å². The van der Waals surface area contributed by atoms with E-state index in [2.05, 4.69) is 0 Å². The van der Waals surface area contributed by atoms with Crippen molar-refractivity contribution < 1.29 is 30.2 Å². The van der Waals surface area contributed by atoms with Crippen LogP contribution in [-0.4, -0.2) is 0 Å². The van der Waals surface area contributed by atoms with Gasteiger partial charge in [0, 0.05) is 18.2 Å². The Hall–Kier alpha value is -0.471. The quantitative estimate of drug-likeness (QED) is 0.557. The third-order valence-corrected chi connectivity index (χ3v) is 0.827. The average molecular weight is 196 g/mol. The second-order valence-electron chi connectivity index (χ2n) is 1.59. The zero-order chi connectivity index (χ0) is 6.85. The van der Waals surface area contributed by atoms with Crippen LogP contribution in [-0.2, 0) is 17.1 Å². The molecule has 1 aromatic rings. The van der Waals surface area contributed by atoms with Crippen molar-refractivity contribution in [2.75, 3.05) is 0 Å². The Morgan fingerprint density at radius 3 is 1.10 bits per heavy atom. The molecule has 0 aliphatic carbocycles. The fourth-order valence-electron chi connectivity index (χ4n) is 0.520. The van der Waals surface area contributed by atoms with Crippen LogP contribution in [0.15, 0.2) is 18.2 Å². The number of hydrogen-bond donors (Lipinski definition) is 0. The molecule has 0 radical (unpaired) electrons. The molecular formula is C6H3CuF3+. The summed E-state index contributed by atoms with van der Waals surface area (Å²) in [6, 6.07) is 1.84. The van der Waals surface area contributed by atoms with Gasteiger partial charge in [0.1, 0.15) is 17.5 Å². The maximum atomic E-state index is 11.9. The average Bonchev–Trinajstić information content (AvgIpc) is 1.59. The van der Waals surface area contributed by atoms with Gasteiger partial charge < -0.3 is 0 Å². The fourth-order valence-corrected chi connectivity index (χ4v) is 0.520.